The molecule has 28 heavy (non-hydrogen) atoms. The van der Waals surface area contributed by atoms with Crippen molar-refractivity contribution in [2.75, 3.05) is 11.5 Å². The first-order valence-electron chi connectivity index (χ1n) is 8.57. The van der Waals surface area contributed by atoms with Gasteiger partial charge in [-0.15, -0.1) is 23.5 Å². The van der Waals surface area contributed by atoms with Crippen LogP contribution in [0.1, 0.15) is 11.1 Å². The van der Waals surface area contributed by atoms with E-state index in [1.165, 1.54) is 60.0 Å². The Morgan fingerprint density at radius 1 is 0.750 bits per heavy atom. The van der Waals surface area contributed by atoms with Crippen molar-refractivity contribution in [3.8, 4) is 11.5 Å². The van der Waals surface area contributed by atoms with E-state index in [-0.39, 0.29) is 17.1 Å². The number of hydrogen-bond acceptors (Lipinski definition) is 6. The second-order valence-electron chi connectivity index (χ2n) is 5.87. The highest BCUT2D eigenvalue weighted by molar-refractivity contribution is 8.25. The van der Waals surface area contributed by atoms with Gasteiger partial charge in [0.2, 0.25) is 0 Å². The van der Waals surface area contributed by atoms with Crippen molar-refractivity contribution in [1.29, 1.82) is 0 Å². The van der Waals surface area contributed by atoms with Crippen LogP contribution in [-0.2, 0) is 9.59 Å². The zero-order valence-corrected chi connectivity index (χ0v) is 16.5. The molecule has 1 aliphatic rings. The molecule has 4 nitrogen and oxygen atoms in total. The zero-order chi connectivity index (χ0) is 19.9. The normalized spacial score (nSPS) is 14.1. The van der Waals surface area contributed by atoms with Crippen molar-refractivity contribution in [2.45, 2.75) is 0 Å². The van der Waals surface area contributed by atoms with Crippen molar-refractivity contribution in [1.82, 2.24) is 0 Å². The van der Waals surface area contributed by atoms with Crippen LogP contribution in [0.5, 0.6) is 11.5 Å². The minimum atomic E-state index is -0.410. The molecule has 0 atom stereocenters. The first-order valence-corrected chi connectivity index (χ1v) is 10.5. The fourth-order valence-electron chi connectivity index (χ4n) is 2.53. The fraction of sp³-hybridized carbons (Fsp3) is 0.0909. The van der Waals surface area contributed by atoms with Crippen LogP contribution >= 0.6 is 23.5 Å². The number of carbonyl (C=O) groups excluding carboxylic acids is 2. The molecule has 0 radical (unpaired) electrons. The number of allylic oxidation sites excluding steroid dienone is 3. The van der Waals surface area contributed by atoms with E-state index in [2.05, 4.69) is 0 Å². The molecule has 1 aliphatic heterocycles. The topological polar surface area (TPSA) is 74.6 Å². The summed E-state index contributed by atoms with van der Waals surface area (Å²) in [6.07, 6.45) is 5.62. The second kappa shape index (κ2) is 9.48. The van der Waals surface area contributed by atoms with Gasteiger partial charge in [0.1, 0.15) is 11.5 Å². The Morgan fingerprint density at radius 3 is 1.61 bits per heavy atom. The Balaban J connectivity index is 1.86. The quantitative estimate of drug-likeness (QED) is 0.410. The third-order valence-electron chi connectivity index (χ3n) is 3.95. The van der Waals surface area contributed by atoms with Gasteiger partial charge >= 0.3 is 0 Å². The van der Waals surface area contributed by atoms with E-state index >= 15 is 0 Å². The standard InChI is InChI=1S/C22H18O4S2/c23-17-7-3-1-5-15(17)9-11-19(25)21(22-27-13-14-28-22)20(26)12-10-16-6-2-4-8-18(16)24/h1-12,23-24H,13-14H2/b11-9+,12-10+. The lowest BCUT2D eigenvalue weighted by Crippen LogP contribution is -2.10. The molecule has 1 saturated heterocycles. The third-order valence-corrected chi connectivity index (χ3v) is 6.66. The molecule has 0 aliphatic carbocycles. The molecule has 6 heteroatoms. The van der Waals surface area contributed by atoms with Crippen LogP contribution in [0, 0.1) is 0 Å². The van der Waals surface area contributed by atoms with Crippen molar-refractivity contribution in [3.63, 3.8) is 0 Å². The number of phenolic OH excluding ortho intramolecular Hbond substituents is 2. The minimum Gasteiger partial charge on any atom is -0.507 e. The van der Waals surface area contributed by atoms with E-state index in [0.29, 0.717) is 15.4 Å². The summed E-state index contributed by atoms with van der Waals surface area (Å²) in [5.41, 5.74) is 1.12. The number of para-hydroxylation sites is 2. The number of carbonyl (C=O) groups is 2. The van der Waals surface area contributed by atoms with Crippen molar-refractivity contribution in [2.24, 2.45) is 0 Å². The summed E-state index contributed by atoms with van der Waals surface area (Å²) < 4.78 is 0.707. The molecule has 2 aromatic carbocycles. The first-order chi connectivity index (χ1) is 13.6. The Hall–Kier alpha value is -2.70. The van der Waals surface area contributed by atoms with E-state index in [1.54, 1.807) is 36.4 Å². The summed E-state index contributed by atoms with van der Waals surface area (Å²) in [4.78, 5) is 25.6. The number of thioether (sulfide) groups is 2. The SMILES string of the molecule is O=C(/C=C/c1ccccc1O)C(C(=O)/C=C/c1ccccc1O)=C1SCCS1. The maximum absolute atomic E-state index is 12.8. The Labute approximate surface area is 171 Å². The third kappa shape index (κ3) is 4.97. The van der Waals surface area contributed by atoms with Gasteiger partial charge in [-0.25, -0.2) is 0 Å². The lowest BCUT2D eigenvalue weighted by molar-refractivity contribution is -0.116. The lowest BCUT2D eigenvalue weighted by atomic mass is 10.0. The van der Waals surface area contributed by atoms with Gasteiger partial charge in [-0.2, -0.15) is 0 Å². The van der Waals surface area contributed by atoms with Crippen molar-refractivity contribution in [3.05, 3.63) is 81.6 Å². The maximum Gasteiger partial charge on any atom is 0.191 e. The number of benzene rings is 2. The van der Waals surface area contributed by atoms with Gasteiger partial charge in [0.05, 0.1) is 9.81 Å². The van der Waals surface area contributed by atoms with Gasteiger partial charge in [-0.3, -0.25) is 9.59 Å². The molecule has 0 aromatic heterocycles. The molecule has 0 saturated carbocycles. The first kappa shape index (κ1) is 20.0. The molecule has 2 aromatic rings. The minimum absolute atomic E-state index is 0.0659. The highest BCUT2D eigenvalue weighted by atomic mass is 32.2. The molecule has 3 rings (SSSR count). The van der Waals surface area contributed by atoms with Crippen molar-refractivity contribution >= 4 is 47.2 Å². The van der Waals surface area contributed by atoms with Gasteiger partial charge < -0.3 is 10.2 Å². The Kier molecular flexibility index (Phi) is 6.79. The molecule has 0 bridgehead atoms. The highest BCUT2D eigenvalue weighted by Crippen LogP contribution is 2.39. The highest BCUT2D eigenvalue weighted by Gasteiger charge is 2.23. The summed E-state index contributed by atoms with van der Waals surface area (Å²) >= 11 is 2.98. The summed E-state index contributed by atoms with van der Waals surface area (Å²) in [5, 5.41) is 19.7. The monoisotopic (exact) mass is 410 g/mol. The molecular weight excluding hydrogens is 392 g/mol. The smallest absolute Gasteiger partial charge is 0.191 e. The van der Waals surface area contributed by atoms with Crippen LogP contribution in [0.4, 0.5) is 0 Å². The summed E-state index contributed by atoms with van der Waals surface area (Å²) in [5.74, 6) is 0.999. The molecule has 0 spiro atoms. The van der Waals surface area contributed by atoms with Crippen LogP contribution < -0.4 is 0 Å². The number of rotatable bonds is 6. The lowest BCUT2D eigenvalue weighted by Gasteiger charge is -2.04. The Morgan fingerprint density at radius 2 is 1.18 bits per heavy atom. The average Bonchev–Trinajstić information content (AvgIpc) is 3.21. The van der Waals surface area contributed by atoms with E-state index in [1.807, 2.05) is 0 Å². The molecule has 1 heterocycles. The number of aromatic hydroxyl groups is 2. The van der Waals surface area contributed by atoms with Crippen LogP contribution in [0.25, 0.3) is 12.2 Å². The number of ketones is 2. The summed E-state index contributed by atoms with van der Waals surface area (Å²) in [7, 11) is 0. The van der Waals surface area contributed by atoms with E-state index < -0.39 is 11.6 Å². The van der Waals surface area contributed by atoms with Gasteiger partial charge in [-0.1, -0.05) is 36.4 Å². The molecule has 2 N–H and O–H groups in total. The van der Waals surface area contributed by atoms with E-state index in [9.17, 15) is 19.8 Å². The van der Waals surface area contributed by atoms with Gasteiger partial charge in [-0.05, 0) is 36.4 Å². The largest absolute Gasteiger partial charge is 0.507 e. The molecule has 0 amide bonds. The van der Waals surface area contributed by atoms with E-state index in [0.717, 1.165) is 11.5 Å². The van der Waals surface area contributed by atoms with Crippen LogP contribution in [0.2, 0.25) is 0 Å². The fourth-order valence-corrected chi connectivity index (χ4v) is 5.09. The van der Waals surface area contributed by atoms with Crippen molar-refractivity contribution < 1.29 is 19.8 Å². The summed E-state index contributed by atoms with van der Waals surface area (Å²) in [6, 6.07) is 13.3. The second-order valence-corrected chi connectivity index (χ2v) is 8.34. The Bertz CT molecular complexity index is 912. The van der Waals surface area contributed by atoms with Crippen LogP contribution in [0.3, 0.4) is 0 Å². The average molecular weight is 411 g/mol. The molecular formula is C22H18O4S2. The molecule has 142 valence electrons. The predicted molar refractivity (Wildman–Crippen MR) is 116 cm³/mol. The number of hydrogen-bond donors (Lipinski definition) is 2. The maximum atomic E-state index is 12.8. The van der Waals surface area contributed by atoms with Crippen LogP contribution in [0.15, 0.2) is 70.5 Å². The van der Waals surface area contributed by atoms with Gasteiger partial charge in [0, 0.05) is 22.6 Å². The van der Waals surface area contributed by atoms with Gasteiger partial charge in [0.15, 0.2) is 11.6 Å². The number of phenols is 2. The molecule has 1 fully saturated rings. The van der Waals surface area contributed by atoms with Gasteiger partial charge in [0.25, 0.3) is 0 Å². The van der Waals surface area contributed by atoms with Crippen LogP contribution in [-0.4, -0.2) is 33.3 Å². The van der Waals surface area contributed by atoms with E-state index in [4.69, 9.17) is 0 Å². The summed E-state index contributed by atoms with van der Waals surface area (Å²) in [6.45, 7) is 0. The molecule has 0 unspecified atom stereocenters. The zero-order valence-electron chi connectivity index (χ0n) is 14.9. The predicted octanol–water partition coefficient (Wildman–Crippen LogP) is 4.65.